The number of nitrogens with one attached hydrogen (secondary N) is 2. The first kappa shape index (κ1) is 10.9. The predicted molar refractivity (Wildman–Crippen MR) is 115 cm³/mol. The summed E-state index contributed by atoms with van der Waals surface area (Å²) in [6.45, 7) is -7.02. The van der Waals surface area contributed by atoms with Gasteiger partial charge in [-0.15, -0.1) is 11.3 Å². The van der Waals surface area contributed by atoms with Crippen LogP contribution < -0.4 is 10.0 Å². The molecule has 2 N–H and O–H groups in total. The molecule has 0 aliphatic heterocycles. The van der Waals surface area contributed by atoms with Crippen LogP contribution >= 0.6 is 11.3 Å². The standard InChI is InChI=1S/C20H21N3O5S2/c1-10-8-11(2)17(15(9-10)14(5)24)21-19(25)18-16(6-7-29-18)30(26,27)23-20-12(3)13(4)22-28-20/h6-9,23H,1-5H3,(H,21,25)/i1D3,2D3,4D3,9D/hD2. The van der Waals surface area contributed by atoms with Crippen LogP contribution in [-0.2, 0) is 10.0 Å². The number of aromatic nitrogens is 1. The Bertz CT molecular complexity index is 1670. The van der Waals surface area contributed by atoms with E-state index in [1.165, 1.54) is 0 Å². The highest BCUT2D eigenvalue weighted by molar-refractivity contribution is 7.93. The summed E-state index contributed by atoms with van der Waals surface area (Å²) in [7, 11) is -5.02. The molecule has 8 nitrogen and oxygen atoms in total. The lowest BCUT2D eigenvalue weighted by Gasteiger charge is -2.14. The Morgan fingerprint density at radius 3 is 2.77 bits per heavy atom. The quantitative estimate of drug-likeness (QED) is 0.533. The largest absolute Gasteiger partial charge is 0.337 e. The Balaban J connectivity index is 2.20. The van der Waals surface area contributed by atoms with E-state index in [0.29, 0.717) is 17.4 Å². The van der Waals surface area contributed by atoms with Crippen LogP contribution in [0.1, 0.15) is 63.0 Å². The number of rotatable bonds is 6. The third kappa shape index (κ3) is 4.14. The molecular weight excluding hydrogens is 426 g/mol. The molecule has 0 saturated carbocycles. The maximum absolute atomic E-state index is 13.5. The molecule has 2 aromatic heterocycles. The van der Waals surface area contributed by atoms with E-state index in [1.54, 1.807) is 0 Å². The average molecular weight is 460 g/mol. The number of hydrogen-bond acceptors (Lipinski definition) is 7. The fraction of sp³-hybridized carbons (Fsp3) is 0.250. The number of aryl methyl sites for hydroxylation is 3. The topological polar surface area (TPSA) is 118 Å². The highest BCUT2D eigenvalue weighted by Gasteiger charge is 2.27. The molecule has 0 fully saturated rings. The Labute approximate surface area is 195 Å². The number of sulfonamides is 1. The van der Waals surface area contributed by atoms with Crippen molar-refractivity contribution in [3.8, 4) is 0 Å². The van der Waals surface area contributed by atoms with E-state index in [2.05, 4.69) is 5.16 Å². The molecule has 3 rings (SSSR count). The molecule has 0 radical (unpaired) electrons. The molecule has 30 heavy (non-hydrogen) atoms. The second-order valence-electron chi connectivity index (χ2n) is 5.94. The summed E-state index contributed by atoms with van der Waals surface area (Å²) in [4.78, 5) is 24.5. The van der Waals surface area contributed by atoms with Crippen molar-refractivity contribution in [3.05, 3.63) is 56.4 Å². The van der Waals surface area contributed by atoms with Gasteiger partial charge >= 0.3 is 0 Å². The summed E-state index contributed by atoms with van der Waals surface area (Å²) in [5.41, 5.74) is -4.45. The lowest BCUT2D eigenvalue weighted by atomic mass is 10.0. The number of carbonyl (C=O) groups excluding carboxylic acids is 2. The van der Waals surface area contributed by atoms with Gasteiger partial charge in [-0.25, -0.2) is 13.1 Å². The minimum atomic E-state index is -5.02. The lowest BCUT2D eigenvalue weighted by molar-refractivity contribution is 0.101. The first-order valence-electron chi connectivity index (χ1n) is 13.9. The zero-order valence-corrected chi connectivity index (χ0v) is 17.1. The van der Waals surface area contributed by atoms with Crippen molar-refractivity contribution >= 4 is 44.6 Å². The summed E-state index contributed by atoms with van der Waals surface area (Å²) in [6.07, 6.45) is 0. The van der Waals surface area contributed by atoms with E-state index in [4.69, 9.17) is 21.1 Å². The summed E-state index contributed by atoms with van der Waals surface area (Å²) < 4.78 is 125. The van der Waals surface area contributed by atoms with Crippen LogP contribution in [0.2, 0.25) is 2.82 Å². The summed E-state index contributed by atoms with van der Waals surface area (Å²) >= 11 is 0.474. The van der Waals surface area contributed by atoms with Crippen LogP contribution in [0.25, 0.3) is 0 Å². The molecule has 0 aliphatic rings. The SMILES string of the molecule is [2H]c1c(C([2H])([2H])[2H])cc(C([2H])([2H])[2H])c(N([2H])C(=O)c2sccc2S(=O)(=O)N([2H])c2onc(C([2H])([2H])[2H])c2C)c1C(C)=O. The molecule has 3 aromatic rings. The second kappa shape index (κ2) is 8.04. The van der Waals surface area contributed by atoms with Gasteiger partial charge in [0.05, 0.1) is 12.8 Å². The number of anilines is 2. The van der Waals surface area contributed by atoms with E-state index in [0.717, 1.165) is 25.3 Å². The van der Waals surface area contributed by atoms with E-state index >= 15 is 0 Å². The van der Waals surface area contributed by atoms with Crippen LogP contribution in [0, 0.1) is 27.5 Å². The second-order valence-corrected chi connectivity index (χ2v) is 8.42. The molecule has 0 spiro atoms. The number of ketones is 1. The summed E-state index contributed by atoms with van der Waals surface area (Å²) in [5, 5.41) is 4.30. The average Bonchev–Trinajstić information content (AvgIpc) is 3.47. The number of hydrogen-bond donors (Lipinski definition) is 2. The van der Waals surface area contributed by atoms with Crippen molar-refractivity contribution in [2.75, 3.05) is 10.0 Å². The normalized spacial score (nSPS) is 18.5. The van der Waals surface area contributed by atoms with Gasteiger partial charge < -0.3 is 9.83 Å². The van der Waals surface area contributed by atoms with Crippen LogP contribution in [0.3, 0.4) is 0 Å². The van der Waals surface area contributed by atoms with Crippen molar-refractivity contribution in [1.29, 1.82) is 0 Å². The van der Waals surface area contributed by atoms with Gasteiger partial charge in [-0.1, -0.05) is 11.2 Å². The molecule has 2 heterocycles. The number of carbonyl (C=O) groups is 2. The number of thiophene rings is 1. The number of benzene rings is 1. The molecule has 0 aliphatic carbocycles. The maximum Gasteiger partial charge on any atom is 0.267 e. The monoisotopic (exact) mass is 459 g/mol. The Morgan fingerprint density at radius 1 is 1.33 bits per heavy atom. The van der Waals surface area contributed by atoms with Gasteiger partial charge in [0, 0.05) is 23.5 Å². The highest BCUT2D eigenvalue weighted by Crippen LogP contribution is 2.29. The smallest absolute Gasteiger partial charge is 0.267 e. The van der Waals surface area contributed by atoms with Gasteiger partial charge in [0.2, 0.25) is 5.88 Å². The van der Waals surface area contributed by atoms with E-state index in [9.17, 15) is 18.0 Å². The first-order valence-corrected chi connectivity index (χ1v) is 10.4. The molecule has 0 unspecified atom stereocenters. The highest BCUT2D eigenvalue weighted by atomic mass is 32.2. The van der Waals surface area contributed by atoms with E-state index < -0.39 is 92.0 Å². The number of Topliss-reactive ketones (excluding diaryl/α,β-unsaturated/α-hetero) is 1. The van der Waals surface area contributed by atoms with Crippen LogP contribution in [0.15, 0.2) is 33.0 Å². The van der Waals surface area contributed by atoms with Crippen molar-refractivity contribution in [2.24, 2.45) is 0 Å². The molecule has 0 atom stereocenters. The van der Waals surface area contributed by atoms with Gasteiger partial charge in [-0.05, 0) is 63.0 Å². The molecule has 0 bridgehead atoms. The Morgan fingerprint density at radius 2 is 2.13 bits per heavy atom. The van der Waals surface area contributed by atoms with E-state index in [1.807, 2.05) is 0 Å². The number of amides is 1. The molecule has 10 heteroatoms. The van der Waals surface area contributed by atoms with Gasteiger partial charge in [0.1, 0.15) is 9.77 Å². The van der Waals surface area contributed by atoms with Crippen molar-refractivity contribution < 1.29 is 39.1 Å². The minimum absolute atomic E-state index is 0.120. The van der Waals surface area contributed by atoms with Gasteiger partial charge in [-0.2, -0.15) is 0 Å². The van der Waals surface area contributed by atoms with E-state index in [-0.39, 0.29) is 15.6 Å². The number of nitrogens with zero attached hydrogens (tertiary/aromatic N) is 1. The van der Waals surface area contributed by atoms with Crippen molar-refractivity contribution in [1.82, 2.24) is 5.16 Å². The lowest BCUT2D eigenvalue weighted by Crippen LogP contribution is -2.20. The maximum atomic E-state index is 13.5. The third-order valence-corrected chi connectivity index (χ3v) is 6.14. The molecule has 0 saturated heterocycles. The molecule has 1 amide bonds. The molecule has 1 aromatic carbocycles. The zero-order chi connectivity index (χ0) is 32.3. The predicted octanol–water partition coefficient (Wildman–Crippen LogP) is 4.23. The van der Waals surface area contributed by atoms with Crippen molar-refractivity contribution in [2.45, 2.75) is 39.3 Å². The molecular formula is C20H21N3O5S2. The van der Waals surface area contributed by atoms with Crippen LogP contribution in [-0.4, -0.2) is 25.3 Å². The minimum Gasteiger partial charge on any atom is -0.337 e. The Hall–Kier alpha value is -2.98. The summed E-state index contributed by atoms with van der Waals surface area (Å²) in [5.74, 6) is -3.33. The fourth-order valence-electron chi connectivity index (χ4n) is 2.33. The van der Waals surface area contributed by atoms with Gasteiger partial charge in [0.15, 0.2) is 8.61 Å². The fourth-order valence-corrected chi connectivity index (χ4v) is 4.59. The van der Waals surface area contributed by atoms with Gasteiger partial charge in [0.25, 0.3) is 15.9 Å². The third-order valence-electron chi connectivity index (χ3n) is 3.81. The van der Waals surface area contributed by atoms with Gasteiger partial charge in [-0.3, -0.25) is 9.59 Å². The zero-order valence-electron chi connectivity index (χ0n) is 27.4. The molecule has 158 valence electrons. The summed E-state index contributed by atoms with van der Waals surface area (Å²) in [6, 6.07) is 0.521. The van der Waals surface area contributed by atoms with Crippen molar-refractivity contribution in [3.63, 3.8) is 0 Å². The van der Waals surface area contributed by atoms with Crippen LogP contribution in [0.5, 0.6) is 0 Å². The first-order chi connectivity index (χ1) is 18.9. The van der Waals surface area contributed by atoms with Crippen LogP contribution in [0.4, 0.5) is 11.6 Å². The Kier molecular flexibility index (Phi) is 2.91.